The molecular weight excluding hydrogens is 500 g/mol. The Balaban J connectivity index is 1.57. The molecule has 0 unspecified atom stereocenters. The molecule has 3 aromatic rings. The molecule has 1 amide bonds. The molecule has 39 heavy (non-hydrogen) atoms. The maximum absolute atomic E-state index is 13.6. The van der Waals surface area contributed by atoms with Crippen LogP contribution in [0.15, 0.2) is 82.9 Å². The number of para-hydroxylation sites is 1. The lowest BCUT2D eigenvalue weighted by atomic mass is 9.91. The number of nitrogens with one attached hydrogen (secondary N) is 2. The van der Waals surface area contributed by atoms with Crippen molar-refractivity contribution >= 4 is 17.5 Å². The van der Waals surface area contributed by atoms with E-state index >= 15 is 0 Å². The molecule has 11 heteroatoms. The quantitative estimate of drug-likeness (QED) is 0.100. The number of nitrogens with zero attached hydrogens (tertiary/aromatic N) is 4. The largest absolute Gasteiger partial charge is 0.496 e. The molecule has 0 aliphatic carbocycles. The van der Waals surface area contributed by atoms with Gasteiger partial charge in [0, 0.05) is 47.7 Å². The predicted molar refractivity (Wildman–Crippen MR) is 146 cm³/mol. The van der Waals surface area contributed by atoms with Gasteiger partial charge in [0.2, 0.25) is 5.90 Å². The number of azide groups is 1. The van der Waals surface area contributed by atoms with Crippen molar-refractivity contribution in [2.24, 2.45) is 10.1 Å². The fourth-order valence-electron chi connectivity index (χ4n) is 4.14. The number of hydrogen-bond acceptors (Lipinski definition) is 8. The first-order chi connectivity index (χ1) is 19.1. The minimum Gasteiger partial charge on any atom is -0.496 e. The zero-order valence-corrected chi connectivity index (χ0v) is 21.5. The highest BCUT2D eigenvalue weighted by atomic mass is 16.5. The van der Waals surface area contributed by atoms with Gasteiger partial charge in [-0.1, -0.05) is 47.6 Å². The van der Waals surface area contributed by atoms with Crippen molar-refractivity contribution in [1.29, 1.82) is 0 Å². The Morgan fingerprint density at radius 3 is 2.62 bits per heavy atom. The molecule has 0 fully saturated rings. The number of rotatable bonds is 13. The molecule has 3 N–H and O–H groups in total. The van der Waals surface area contributed by atoms with Crippen LogP contribution in [0, 0.1) is 0 Å². The number of methoxy groups -OCH3 is 1. The molecule has 4 rings (SSSR count). The van der Waals surface area contributed by atoms with E-state index in [9.17, 15) is 4.79 Å². The second kappa shape index (κ2) is 13.3. The van der Waals surface area contributed by atoms with Gasteiger partial charge in [0.1, 0.15) is 18.1 Å². The Kier molecular flexibility index (Phi) is 9.36. The number of aliphatic hydroxyl groups is 1. The minimum atomic E-state index is -1.32. The Labute approximate surface area is 226 Å². The highest BCUT2D eigenvalue weighted by Crippen LogP contribution is 2.31. The van der Waals surface area contributed by atoms with E-state index in [1.807, 2.05) is 30.3 Å². The first-order valence-electron chi connectivity index (χ1n) is 12.4. The second-order valence-corrected chi connectivity index (χ2v) is 8.80. The average molecular weight is 531 g/mol. The van der Waals surface area contributed by atoms with Crippen molar-refractivity contribution in [1.82, 2.24) is 10.9 Å². The van der Waals surface area contributed by atoms with E-state index in [0.717, 1.165) is 5.56 Å². The number of benzene rings is 3. The molecule has 202 valence electrons. The first kappa shape index (κ1) is 27.5. The molecule has 3 aromatic carbocycles. The van der Waals surface area contributed by atoms with Crippen molar-refractivity contribution in [3.8, 4) is 11.5 Å². The smallest absolute Gasteiger partial charge is 0.266 e. The number of aliphatic hydroxyl groups excluding tert-OH is 1. The van der Waals surface area contributed by atoms with E-state index in [0.29, 0.717) is 53.8 Å². The van der Waals surface area contributed by atoms with E-state index in [-0.39, 0.29) is 19.6 Å². The predicted octanol–water partition coefficient (Wildman–Crippen LogP) is 3.98. The number of aliphatic imine (C=N–C) groups is 1. The van der Waals surface area contributed by atoms with Gasteiger partial charge in [0.15, 0.2) is 5.54 Å². The topological polar surface area (TPSA) is 150 Å². The van der Waals surface area contributed by atoms with E-state index in [4.69, 9.17) is 29.8 Å². The number of ether oxygens (including phenoxy) is 3. The molecule has 0 spiro atoms. The molecule has 1 aliphatic heterocycles. The van der Waals surface area contributed by atoms with E-state index in [2.05, 4.69) is 20.9 Å². The van der Waals surface area contributed by atoms with Gasteiger partial charge in [-0.05, 0) is 41.4 Å². The average Bonchev–Trinajstić information content (AvgIpc) is 3.40. The van der Waals surface area contributed by atoms with Crippen LogP contribution in [0.3, 0.4) is 0 Å². The summed E-state index contributed by atoms with van der Waals surface area (Å²) in [5, 5.41) is 12.7. The van der Waals surface area contributed by atoms with Crippen LogP contribution in [0.25, 0.3) is 10.4 Å². The molecule has 0 saturated heterocycles. The fraction of sp³-hybridized carbons (Fsp3) is 0.286. The van der Waals surface area contributed by atoms with E-state index < -0.39 is 11.4 Å². The Bertz CT molecular complexity index is 1360. The van der Waals surface area contributed by atoms with Crippen molar-refractivity contribution in [2.75, 3.05) is 26.9 Å². The minimum absolute atomic E-state index is 0.0101. The third-order valence-electron chi connectivity index (χ3n) is 6.16. The normalized spacial score (nSPS) is 16.0. The number of hydrogen-bond donors (Lipinski definition) is 3. The summed E-state index contributed by atoms with van der Waals surface area (Å²) in [5.74, 6) is 1.27. The summed E-state index contributed by atoms with van der Waals surface area (Å²) < 4.78 is 16.9. The zero-order valence-electron chi connectivity index (χ0n) is 21.5. The lowest BCUT2D eigenvalue weighted by molar-refractivity contribution is -0.127. The molecule has 0 saturated carbocycles. The summed E-state index contributed by atoms with van der Waals surface area (Å²) >= 11 is 0. The van der Waals surface area contributed by atoms with Crippen LogP contribution in [-0.4, -0.2) is 49.4 Å². The zero-order chi connectivity index (χ0) is 27.5. The summed E-state index contributed by atoms with van der Waals surface area (Å²) in [6.45, 7) is 0.784. The van der Waals surface area contributed by atoms with Crippen LogP contribution >= 0.6 is 0 Å². The Hall–Kier alpha value is -4.57. The highest BCUT2D eigenvalue weighted by Gasteiger charge is 2.45. The number of amides is 1. The van der Waals surface area contributed by atoms with Gasteiger partial charge in [-0.3, -0.25) is 10.2 Å². The fourth-order valence-corrected chi connectivity index (χ4v) is 4.14. The molecule has 0 radical (unpaired) electrons. The van der Waals surface area contributed by atoms with Crippen LogP contribution < -0.4 is 20.3 Å². The van der Waals surface area contributed by atoms with Crippen molar-refractivity contribution in [3.63, 3.8) is 0 Å². The Morgan fingerprint density at radius 1 is 1.13 bits per heavy atom. The van der Waals surface area contributed by atoms with Crippen LogP contribution in [0.1, 0.15) is 23.1 Å². The second-order valence-electron chi connectivity index (χ2n) is 8.80. The van der Waals surface area contributed by atoms with Crippen LogP contribution in [0.2, 0.25) is 0 Å². The van der Waals surface area contributed by atoms with Gasteiger partial charge in [-0.15, -0.1) is 0 Å². The number of carbonyl (C=O) groups excluding carboxylic acids is 1. The van der Waals surface area contributed by atoms with Crippen LogP contribution in [0.5, 0.6) is 11.5 Å². The monoisotopic (exact) mass is 530 g/mol. The van der Waals surface area contributed by atoms with Gasteiger partial charge in [0.05, 0.1) is 13.7 Å². The highest BCUT2D eigenvalue weighted by molar-refractivity contribution is 6.00. The van der Waals surface area contributed by atoms with Gasteiger partial charge in [0.25, 0.3) is 5.91 Å². The van der Waals surface area contributed by atoms with Gasteiger partial charge in [-0.25, -0.2) is 10.4 Å². The molecule has 0 bridgehead atoms. The number of hydrazine groups is 1. The maximum atomic E-state index is 13.6. The third kappa shape index (κ3) is 6.85. The third-order valence-corrected chi connectivity index (χ3v) is 6.16. The number of carbonyl (C=O) groups is 1. The Morgan fingerprint density at radius 2 is 1.87 bits per heavy atom. The van der Waals surface area contributed by atoms with Crippen LogP contribution in [-0.2, 0) is 22.5 Å². The molecule has 1 heterocycles. The van der Waals surface area contributed by atoms with Crippen molar-refractivity contribution in [3.05, 3.63) is 99.9 Å². The van der Waals surface area contributed by atoms with E-state index in [1.54, 1.807) is 49.6 Å². The molecule has 1 aliphatic rings. The lowest BCUT2D eigenvalue weighted by Gasteiger charge is -2.24. The first-order valence-corrected chi connectivity index (χ1v) is 12.4. The SMILES string of the molecule is COc1ccccc1CNNC(=O)[C@]1(Cc2ccccc2N=[N+]=[N-])COC(c2ccc(OCCCO)cc2)=N1. The summed E-state index contributed by atoms with van der Waals surface area (Å²) in [6, 6.07) is 21.7. The standard InChI is InChI=1S/C28H30N6O5/c1-37-25-10-5-3-8-22(25)18-30-33-27(36)28(17-21-7-2-4-9-24(21)32-34-29)19-39-26(31-28)20-11-13-23(14-12-20)38-16-6-15-35/h2-5,7-14,30,35H,6,15-19H2,1H3,(H,33,36)/t28-/m0/s1. The summed E-state index contributed by atoms with van der Waals surface area (Å²) in [6.07, 6.45) is 0.688. The molecule has 1 atom stereocenters. The van der Waals surface area contributed by atoms with E-state index in [1.165, 1.54) is 0 Å². The lowest BCUT2D eigenvalue weighted by Crippen LogP contribution is -2.52. The van der Waals surface area contributed by atoms with Gasteiger partial charge in [-0.2, -0.15) is 0 Å². The van der Waals surface area contributed by atoms with Gasteiger partial charge < -0.3 is 19.3 Å². The molecule has 0 aromatic heterocycles. The van der Waals surface area contributed by atoms with Gasteiger partial charge >= 0.3 is 0 Å². The summed E-state index contributed by atoms with van der Waals surface area (Å²) in [5.41, 5.74) is 16.1. The molecular formula is C28H30N6O5. The van der Waals surface area contributed by atoms with Crippen molar-refractivity contribution < 1.29 is 24.1 Å². The van der Waals surface area contributed by atoms with Crippen molar-refractivity contribution in [2.45, 2.75) is 24.9 Å². The summed E-state index contributed by atoms with van der Waals surface area (Å²) in [4.78, 5) is 21.3. The summed E-state index contributed by atoms with van der Waals surface area (Å²) in [7, 11) is 1.59. The van der Waals surface area contributed by atoms with Crippen LogP contribution in [0.4, 0.5) is 5.69 Å². The maximum Gasteiger partial charge on any atom is 0.266 e. The molecule has 11 nitrogen and oxygen atoms in total.